The highest BCUT2D eigenvalue weighted by Crippen LogP contribution is 2.27. The maximum Gasteiger partial charge on any atom is 0.133 e. The first-order valence-electron chi connectivity index (χ1n) is 9.16. The second-order valence-corrected chi connectivity index (χ2v) is 7.03. The van der Waals surface area contributed by atoms with E-state index in [1.165, 1.54) is 24.3 Å². The first-order chi connectivity index (χ1) is 13.1. The largest absolute Gasteiger partial charge is 0.306 e. The molecule has 0 saturated carbocycles. The highest BCUT2D eigenvalue weighted by atomic mass is 19.1. The summed E-state index contributed by atoms with van der Waals surface area (Å²) in [6.07, 6.45) is 2.27. The molecule has 0 fully saturated rings. The molecule has 0 N–H and O–H groups in total. The number of hydrogen-bond donors (Lipinski definition) is 0. The van der Waals surface area contributed by atoms with Gasteiger partial charge in [-0.25, -0.2) is 18.7 Å². The van der Waals surface area contributed by atoms with E-state index < -0.39 is 0 Å². The Morgan fingerprint density at radius 2 is 1.48 bits per heavy atom. The molecule has 5 heteroatoms. The van der Waals surface area contributed by atoms with Crippen molar-refractivity contribution in [1.82, 2.24) is 14.9 Å². The summed E-state index contributed by atoms with van der Waals surface area (Å²) >= 11 is 0. The molecule has 1 aliphatic rings. The predicted molar refractivity (Wildman–Crippen MR) is 102 cm³/mol. The van der Waals surface area contributed by atoms with Crippen LogP contribution in [0.2, 0.25) is 0 Å². The molecular formula is C22H21F2N3. The average Bonchev–Trinajstić information content (AvgIpc) is 2.86. The van der Waals surface area contributed by atoms with Crippen LogP contribution < -0.4 is 0 Å². The summed E-state index contributed by atoms with van der Waals surface area (Å²) < 4.78 is 26.6. The lowest BCUT2D eigenvalue weighted by Gasteiger charge is -2.14. The van der Waals surface area contributed by atoms with Crippen molar-refractivity contribution >= 4 is 0 Å². The number of benzene rings is 2. The second kappa shape index (κ2) is 7.53. The summed E-state index contributed by atoms with van der Waals surface area (Å²) in [5.41, 5.74) is 4.96. The molecule has 0 atom stereocenters. The fourth-order valence-electron chi connectivity index (χ4n) is 3.47. The summed E-state index contributed by atoms with van der Waals surface area (Å²) in [5, 5.41) is 0. The summed E-state index contributed by atoms with van der Waals surface area (Å²) in [5.74, 6) is 0.200. The van der Waals surface area contributed by atoms with Crippen molar-refractivity contribution in [2.75, 3.05) is 20.1 Å². The number of fused-ring (bicyclic) bond motifs is 1. The molecule has 0 radical (unpaired) electrons. The van der Waals surface area contributed by atoms with Crippen molar-refractivity contribution in [2.24, 2.45) is 0 Å². The molecule has 138 valence electrons. The molecule has 3 aromatic rings. The van der Waals surface area contributed by atoms with Gasteiger partial charge in [0.15, 0.2) is 0 Å². The Kier molecular flexibility index (Phi) is 4.94. The lowest BCUT2D eigenvalue weighted by molar-refractivity contribution is 0.352. The zero-order valence-corrected chi connectivity index (χ0v) is 15.3. The van der Waals surface area contributed by atoms with E-state index in [4.69, 9.17) is 9.97 Å². The number of rotatable bonds is 3. The van der Waals surface area contributed by atoms with E-state index in [9.17, 15) is 8.78 Å². The van der Waals surface area contributed by atoms with Crippen LogP contribution in [0.1, 0.15) is 22.6 Å². The van der Waals surface area contributed by atoms with Crippen LogP contribution in [-0.4, -0.2) is 35.0 Å². The monoisotopic (exact) mass is 365 g/mol. The molecule has 0 spiro atoms. The van der Waals surface area contributed by atoms with E-state index in [2.05, 4.69) is 11.9 Å². The summed E-state index contributed by atoms with van der Waals surface area (Å²) in [7, 11) is 2.11. The molecule has 1 aromatic heterocycles. The van der Waals surface area contributed by atoms with E-state index in [0.29, 0.717) is 12.2 Å². The Morgan fingerprint density at radius 1 is 0.852 bits per heavy atom. The molecule has 27 heavy (non-hydrogen) atoms. The molecule has 0 aliphatic carbocycles. The Bertz CT molecular complexity index is 937. The predicted octanol–water partition coefficient (Wildman–Crippen LogP) is 4.04. The minimum absolute atomic E-state index is 0.253. The number of nitrogens with zero attached hydrogens (tertiary/aromatic N) is 3. The van der Waals surface area contributed by atoms with Crippen molar-refractivity contribution in [1.29, 1.82) is 0 Å². The van der Waals surface area contributed by atoms with E-state index >= 15 is 0 Å². The quantitative estimate of drug-likeness (QED) is 0.701. The van der Waals surface area contributed by atoms with Gasteiger partial charge in [-0.1, -0.05) is 12.1 Å². The number of hydrogen-bond acceptors (Lipinski definition) is 3. The van der Waals surface area contributed by atoms with Crippen LogP contribution in [0.15, 0.2) is 48.5 Å². The van der Waals surface area contributed by atoms with E-state index in [1.807, 2.05) is 0 Å². The SMILES string of the molecule is CN1CCc2nc(Cc3ccc(F)cc3)nc(-c3ccc(F)cc3)c2CC1. The minimum Gasteiger partial charge on any atom is -0.306 e. The fraction of sp³-hybridized carbons (Fsp3) is 0.273. The normalized spacial score (nSPS) is 14.6. The Labute approximate surface area is 157 Å². The number of likely N-dealkylation sites (N-methyl/N-ethyl adjacent to an activating group) is 1. The Morgan fingerprint density at radius 3 is 2.19 bits per heavy atom. The van der Waals surface area contributed by atoms with Gasteiger partial charge in [0.1, 0.15) is 17.5 Å². The van der Waals surface area contributed by atoms with Gasteiger partial charge in [0.25, 0.3) is 0 Å². The molecule has 0 unspecified atom stereocenters. The molecule has 2 heterocycles. The van der Waals surface area contributed by atoms with Crippen molar-refractivity contribution in [3.8, 4) is 11.3 Å². The molecule has 0 saturated heterocycles. The van der Waals surface area contributed by atoms with Gasteiger partial charge in [-0.2, -0.15) is 0 Å². The van der Waals surface area contributed by atoms with Crippen LogP contribution in [0.5, 0.6) is 0 Å². The summed E-state index contributed by atoms with van der Waals surface area (Å²) in [6.45, 7) is 1.89. The highest BCUT2D eigenvalue weighted by Gasteiger charge is 2.19. The van der Waals surface area contributed by atoms with Gasteiger partial charge < -0.3 is 4.90 Å². The minimum atomic E-state index is -0.259. The zero-order chi connectivity index (χ0) is 18.8. The standard InChI is InChI=1S/C22H21F2N3/c1-27-12-10-19-20(11-13-27)25-21(14-15-2-6-17(23)7-3-15)26-22(19)16-4-8-18(24)9-5-16/h2-9H,10-14H2,1H3. The van der Waals surface area contributed by atoms with Crippen molar-refractivity contribution in [3.63, 3.8) is 0 Å². The van der Waals surface area contributed by atoms with Crippen molar-refractivity contribution < 1.29 is 8.78 Å². The highest BCUT2D eigenvalue weighted by molar-refractivity contribution is 5.64. The van der Waals surface area contributed by atoms with E-state index in [1.54, 1.807) is 24.3 Å². The van der Waals surface area contributed by atoms with E-state index in [0.717, 1.165) is 54.0 Å². The summed E-state index contributed by atoms with van der Waals surface area (Å²) in [6, 6.07) is 12.9. The van der Waals surface area contributed by atoms with Crippen molar-refractivity contribution in [2.45, 2.75) is 19.3 Å². The van der Waals surface area contributed by atoms with Gasteiger partial charge in [-0.05, 0) is 55.4 Å². The van der Waals surface area contributed by atoms with Gasteiger partial charge in [-0.3, -0.25) is 0 Å². The maximum atomic E-state index is 13.4. The number of aromatic nitrogens is 2. The Hall–Kier alpha value is -2.66. The first-order valence-corrected chi connectivity index (χ1v) is 9.16. The molecule has 0 amide bonds. The smallest absolute Gasteiger partial charge is 0.133 e. The molecule has 0 bridgehead atoms. The van der Waals surface area contributed by atoms with Crippen LogP contribution in [0.25, 0.3) is 11.3 Å². The lowest BCUT2D eigenvalue weighted by atomic mass is 10.0. The second-order valence-electron chi connectivity index (χ2n) is 7.03. The third kappa shape index (κ3) is 4.03. The third-order valence-corrected chi connectivity index (χ3v) is 5.01. The van der Waals surface area contributed by atoms with E-state index in [-0.39, 0.29) is 11.6 Å². The fourth-order valence-corrected chi connectivity index (χ4v) is 3.47. The molecule has 3 nitrogen and oxygen atoms in total. The topological polar surface area (TPSA) is 29.0 Å². The molecule has 1 aliphatic heterocycles. The molecule has 4 rings (SSSR count). The molecule has 2 aromatic carbocycles. The first kappa shape index (κ1) is 17.7. The van der Waals surface area contributed by atoms with Gasteiger partial charge in [0.05, 0.1) is 5.69 Å². The van der Waals surface area contributed by atoms with Crippen LogP contribution in [0, 0.1) is 11.6 Å². The van der Waals surface area contributed by atoms with Crippen LogP contribution >= 0.6 is 0 Å². The lowest BCUT2D eigenvalue weighted by Crippen LogP contribution is -2.20. The number of halogens is 2. The maximum absolute atomic E-state index is 13.4. The van der Waals surface area contributed by atoms with Crippen molar-refractivity contribution in [3.05, 3.63) is 82.8 Å². The van der Waals surface area contributed by atoms with Gasteiger partial charge in [0.2, 0.25) is 0 Å². The van der Waals surface area contributed by atoms with Crippen LogP contribution in [0.3, 0.4) is 0 Å². The third-order valence-electron chi connectivity index (χ3n) is 5.01. The average molecular weight is 365 g/mol. The Balaban J connectivity index is 1.77. The van der Waals surface area contributed by atoms with Gasteiger partial charge in [0, 0.05) is 42.8 Å². The molecular weight excluding hydrogens is 344 g/mol. The zero-order valence-electron chi connectivity index (χ0n) is 15.3. The van der Waals surface area contributed by atoms with Crippen LogP contribution in [0.4, 0.5) is 8.78 Å². The summed E-state index contributed by atoms with van der Waals surface area (Å²) in [4.78, 5) is 11.9. The van der Waals surface area contributed by atoms with Gasteiger partial charge >= 0.3 is 0 Å². The van der Waals surface area contributed by atoms with Gasteiger partial charge in [-0.15, -0.1) is 0 Å². The van der Waals surface area contributed by atoms with Crippen LogP contribution in [-0.2, 0) is 19.3 Å².